The van der Waals surface area contributed by atoms with Gasteiger partial charge in [0.05, 0.1) is 17.3 Å². The molecule has 0 radical (unpaired) electrons. The first-order valence-electron chi connectivity index (χ1n) is 9.39. The van der Waals surface area contributed by atoms with E-state index in [4.69, 9.17) is 11.6 Å². The Morgan fingerprint density at radius 3 is 2.86 bits per heavy atom. The number of rotatable bonds is 5. The summed E-state index contributed by atoms with van der Waals surface area (Å²) in [4.78, 5) is 18.5. The van der Waals surface area contributed by atoms with E-state index in [0.717, 1.165) is 18.5 Å². The molecule has 2 aromatic rings. The normalized spacial score (nSPS) is 15.3. The smallest absolute Gasteiger partial charge is 0.274 e. The third-order valence-corrected chi connectivity index (χ3v) is 5.13. The molecule has 1 aromatic carbocycles. The zero-order valence-electron chi connectivity index (χ0n) is 16.7. The van der Waals surface area contributed by atoms with Crippen LogP contribution in [-0.2, 0) is 0 Å². The van der Waals surface area contributed by atoms with Crippen LogP contribution in [0.2, 0.25) is 5.15 Å². The fraction of sp³-hybridized carbons (Fsp3) is 0.318. The first kappa shape index (κ1) is 20.1. The predicted molar refractivity (Wildman–Crippen MR) is 116 cm³/mol. The number of halogens is 1. The number of hydrazone groups is 1. The molecule has 0 atom stereocenters. The van der Waals surface area contributed by atoms with Gasteiger partial charge in [-0.1, -0.05) is 30.7 Å². The van der Waals surface area contributed by atoms with Crippen molar-refractivity contribution in [1.82, 2.24) is 10.4 Å². The number of amides is 1. The van der Waals surface area contributed by atoms with E-state index in [0.29, 0.717) is 5.56 Å². The number of allylic oxidation sites excluding steroid dienone is 1. The molecular weight excluding hydrogens is 372 g/mol. The van der Waals surface area contributed by atoms with Crippen LogP contribution in [0.1, 0.15) is 55.6 Å². The van der Waals surface area contributed by atoms with Crippen LogP contribution in [0.4, 0.5) is 5.69 Å². The standard InChI is InChI=1S/C22H25ClN4O/c1-5-11-27-19-9-8-16(12-18(19)15(2)13-22(27,3)4)14-25-26-21(28)17-7-6-10-24-20(17)23/h6-10,12-14H,5,11H2,1-4H3,(H,26,28)/b25-14-. The summed E-state index contributed by atoms with van der Waals surface area (Å²) in [7, 11) is 0. The Morgan fingerprint density at radius 1 is 1.36 bits per heavy atom. The lowest BCUT2D eigenvalue weighted by atomic mass is 9.88. The molecule has 0 saturated heterocycles. The molecule has 5 nitrogen and oxygen atoms in total. The van der Waals surface area contributed by atoms with Gasteiger partial charge in [0.1, 0.15) is 5.15 Å². The SMILES string of the molecule is CCCN1c2ccc(/C=N\NC(=O)c3cccnc3Cl)cc2C(C)=CC1(C)C. The fourth-order valence-electron chi connectivity index (χ4n) is 3.59. The van der Waals surface area contributed by atoms with Gasteiger partial charge in [0.2, 0.25) is 0 Å². The summed E-state index contributed by atoms with van der Waals surface area (Å²) in [6, 6.07) is 9.52. The maximum Gasteiger partial charge on any atom is 0.274 e. The van der Waals surface area contributed by atoms with Crippen molar-refractivity contribution in [1.29, 1.82) is 0 Å². The Kier molecular flexibility index (Phi) is 5.84. The molecule has 1 aliphatic rings. The quantitative estimate of drug-likeness (QED) is 0.443. The van der Waals surface area contributed by atoms with Gasteiger partial charge in [-0.15, -0.1) is 0 Å². The summed E-state index contributed by atoms with van der Waals surface area (Å²) in [6.45, 7) is 9.81. The van der Waals surface area contributed by atoms with E-state index in [9.17, 15) is 4.79 Å². The first-order valence-corrected chi connectivity index (χ1v) is 9.76. The van der Waals surface area contributed by atoms with Crippen LogP contribution in [0.5, 0.6) is 0 Å². The van der Waals surface area contributed by atoms with E-state index >= 15 is 0 Å². The number of pyridine rings is 1. The van der Waals surface area contributed by atoms with Gasteiger partial charge in [0.25, 0.3) is 5.91 Å². The Hall–Kier alpha value is -2.66. The maximum atomic E-state index is 12.2. The second kappa shape index (κ2) is 8.15. The molecule has 146 valence electrons. The second-order valence-corrected chi connectivity index (χ2v) is 7.81. The number of anilines is 1. The number of benzene rings is 1. The van der Waals surface area contributed by atoms with Gasteiger partial charge in [-0.2, -0.15) is 5.10 Å². The molecule has 0 saturated carbocycles. The van der Waals surface area contributed by atoms with Gasteiger partial charge in [0, 0.05) is 24.0 Å². The average Bonchev–Trinajstić information content (AvgIpc) is 2.65. The van der Waals surface area contributed by atoms with Crippen LogP contribution >= 0.6 is 11.6 Å². The molecule has 1 aliphatic heterocycles. The summed E-state index contributed by atoms with van der Waals surface area (Å²) in [5.74, 6) is -0.390. The van der Waals surface area contributed by atoms with Crippen molar-refractivity contribution in [3.8, 4) is 0 Å². The summed E-state index contributed by atoms with van der Waals surface area (Å²) in [6.07, 6.45) is 6.56. The van der Waals surface area contributed by atoms with Gasteiger partial charge in [-0.25, -0.2) is 10.4 Å². The largest absolute Gasteiger partial charge is 0.362 e. The van der Waals surface area contributed by atoms with Crippen LogP contribution in [0.3, 0.4) is 0 Å². The van der Waals surface area contributed by atoms with E-state index in [1.807, 2.05) is 6.07 Å². The van der Waals surface area contributed by atoms with Crippen molar-refractivity contribution in [2.75, 3.05) is 11.4 Å². The molecule has 1 amide bonds. The highest BCUT2D eigenvalue weighted by Crippen LogP contribution is 2.39. The van der Waals surface area contributed by atoms with Crippen molar-refractivity contribution in [2.45, 2.75) is 39.7 Å². The molecule has 1 aromatic heterocycles. The first-order chi connectivity index (χ1) is 13.3. The van der Waals surface area contributed by atoms with Crippen molar-refractivity contribution >= 4 is 35.0 Å². The Bertz CT molecular complexity index is 949. The molecule has 1 N–H and O–H groups in total. The molecule has 2 heterocycles. The molecule has 3 rings (SSSR count). The highest BCUT2D eigenvalue weighted by atomic mass is 35.5. The zero-order valence-corrected chi connectivity index (χ0v) is 17.4. The Labute approximate surface area is 171 Å². The Morgan fingerprint density at radius 2 is 2.14 bits per heavy atom. The second-order valence-electron chi connectivity index (χ2n) is 7.45. The van der Waals surface area contributed by atoms with E-state index in [2.05, 4.69) is 66.3 Å². The van der Waals surface area contributed by atoms with Crippen LogP contribution in [0, 0.1) is 0 Å². The molecule has 0 unspecified atom stereocenters. The predicted octanol–water partition coefficient (Wildman–Crippen LogP) is 4.91. The lowest BCUT2D eigenvalue weighted by Crippen LogP contribution is -2.45. The lowest BCUT2D eigenvalue weighted by molar-refractivity contribution is 0.0955. The van der Waals surface area contributed by atoms with Gasteiger partial charge in [-0.3, -0.25) is 4.79 Å². The van der Waals surface area contributed by atoms with Crippen LogP contribution in [0.25, 0.3) is 5.57 Å². The zero-order chi connectivity index (χ0) is 20.3. The van der Waals surface area contributed by atoms with Crippen molar-refractivity contribution in [3.05, 3.63) is 64.4 Å². The molecule has 28 heavy (non-hydrogen) atoms. The number of carbonyl (C=O) groups excluding carboxylic acids is 1. The molecule has 6 heteroatoms. The van der Waals surface area contributed by atoms with Crippen molar-refractivity contribution in [3.63, 3.8) is 0 Å². The lowest BCUT2D eigenvalue weighted by Gasteiger charge is -2.43. The number of hydrogen-bond acceptors (Lipinski definition) is 4. The minimum absolute atomic E-state index is 0.0142. The number of nitrogens with zero attached hydrogens (tertiary/aromatic N) is 3. The summed E-state index contributed by atoms with van der Waals surface area (Å²) < 4.78 is 0. The summed E-state index contributed by atoms with van der Waals surface area (Å²) in [5, 5.41) is 4.23. The monoisotopic (exact) mass is 396 g/mol. The number of aromatic nitrogens is 1. The van der Waals surface area contributed by atoms with Gasteiger partial charge >= 0.3 is 0 Å². The van der Waals surface area contributed by atoms with E-state index in [1.54, 1.807) is 18.3 Å². The third-order valence-electron chi connectivity index (χ3n) is 4.83. The highest BCUT2D eigenvalue weighted by Gasteiger charge is 2.30. The van der Waals surface area contributed by atoms with Gasteiger partial charge < -0.3 is 4.90 Å². The van der Waals surface area contributed by atoms with Gasteiger partial charge in [-0.05, 0) is 62.6 Å². The number of hydrogen-bond donors (Lipinski definition) is 1. The van der Waals surface area contributed by atoms with Crippen molar-refractivity contribution in [2.24, 2.45) is 5.10 Å². The highest BCUT2D eigenvalue weighted by molar-refractivity contribution is 6.32. The van der Waals surface area contributed by atoms with Gasteiger partial charge in [0.15, 0.2) is 0 Å². The average molecular weight is 397 g/mol. The molecule has 0 bridgehead atoms. The van der Waals surface area contributed by atoms with E-state index in [-0.39, 0.29) is 16.6 Å². The third kappa shape index (κ3) is 4.09. The number of fused-ring (bicyclic) bond motifs is 1. The number of carbonyl (C=O) groups is 1. The van der Waals surface area contributed by atoms with Crippen LogP contribution in [0.15, 0.2) is 47.7 Å². The Balaban J connectivity index is 1.80. The van der Waals surface area contributed by atoms with E-state index < -0.39 is 0 Å². The van der Waals surface area contributed by atoms with Crippen LogP contribution < -0.4 is 10.3 Å². The van der Waals surface area contributed by atoms with Crippen LogP contribution in [-0.4, -0.2) is 29.2 Å². The number of nitrogens with one attached hydrogen (secondary N) is 1. The summed E-state index contributed by atoms with van der Waals surface area (Å²) >= 11 is 5.94. The van der Waals surface area contributed by atoms with E-state index in [1.165, 1.54) is 23.0 Å². The molecular formula is C22H25ClN4O. The minimum Gasteiger partial charge on any atom is -0.362 e. The molecule has 0 fully saturated rings. The summed E-state index contributed by atoms with van der Waals surface area (Å²) in [5.41, 5.74) is 7.37. The van der Waals surface area contributed by atoms with Crippen molar-refractivity contribution < 1.29 is 4.79 Å². The topological polar surface area (TPSA) is 57.6 Å². The fourth-order valence-corrected chi connectivity index (χ4v) is 3.80. The molecule has 0 aliphatic carbocycles. The molecule has 0 spiro atoms. The maximum absolute atomic E-state index is 12.2. The minimum atomic E-state index is -0.390.